The van der Waals surface area contributed by atoms with E-state index >= 15 is 0 Å². The summed E-state index contributed by atoms with van der Waals surface area (Å²) in [6, 6.07) is 8.88. The van der Waals surface area contributed by atoms with Crippen molar-refractivity contribution < 1.29 is 14.0 Å². The number of amides is 2. The first kappa shape index (κ1) is 16.4. The molecule has 2 amide bonds. The Morgan fingerprint density at radius 1 is 1.17 bits per heavy atom. The Morgan fingerprint density at radius 3 is 2.43 bits per heavy atom. The highest BCUT2D eigenvalue weighted by Crippen LogP contribution is 2.13. The number of rotatable bonds is 3. The fraction of sp³-hybridized carbons (Fsp3) is 0.222. The van der Waals surface area contributed by atoms with Crippen molar-refractivity contribution in [2.75, 3.05) is 11.9 Å². The van der Waals surface area contributed by atoms with Crippen LogP contribution in [0.15, 0.2) is 34.7 Å². The van der Waals surface area contributed by atoms with Crippen molar-refractivity contribution in [3.8, 4) is 11.8 Å². The van der Waals surface area contributed by atoms with E-state index in [9.17, 15) is 9.59 Å². The minimum absolute atomic E-state index is 0.115. The molecule has 2 N–H and O–H groups in total. The molecule has 1 aromatic heterocycles. The van der Waals surface area contributed by atoms with Gasteiger partial charge in [-0.05, 0) is 44.2 Å². The van der Waals surface area contributed by atoms with Gasteiger partial charge in [0, 0.05) is 18.2 Å². The first-order valence-corrected chi connectivity index (χ1v) is 7.17. The lowest BCUT2D eigenvalue weighted by Gasteiger charge is -2.01. The molecule has 0 saturated heterocycles. The summed E-state index contributed by atoms with van der Waals surface area (Å²) >= 11 is 0. The van der Waals surface area contributed by atoms with E-state index in [1.54, 1.807) is 32.0 Å². The molecule has 0 aliphatic heterocycles. The van der Waals surface area contributed by atoms with Gasteiger partial charge in [-0.2, -0.15) is 0 Å². The molecule has 1 heterocycles. The van der Waals surface area contributed by atoms with Gasteiger partial charge in [0.05, 0.1) is 12.1 Å². The monoisotopic (exact) mass is 310 g/mol. The Kier molecular flexibility index (Phi) is 5.21. The summed E-state index contributed by atoms with van der Waals surface area (Å²) < 4.78 is 5.32. The van der Waals surface area contributed by atoms with E-state index in [1.165, 1.54) is 6.92 Å². The van der Waals surface area contributed by atoms with E-state index in [1.807, 2.05) is 12.1 Å². The molecule has 1 aromatic carbocycles. The van der Waals surface area contributed by atoms with E-state index in [0.717, 1.165) is 11.3 Å². The summed E-state index contributed by atoms with van der Waals surface area (Å²) in [5, 5.41) is 5.42. The zero-order valence-electron chi connectivity index (χ0n) is 13.3. The average molecular weight is 310 g/mol. The fourth-order valence-corrected chi connectivity index (χ4v) is 2.06. The maximum Gasteiger partial charge on any atom is 0.255 e. The van der Waals surface area contributed by atoms with Crippen molar-refractivity contribution in [2.24, 2.45) is 0 Å². The lowest BCUT2D eigenvalue weighted by Crippen LogP contribution is -2.23. The Labute approximate surface area is 135 Å². The molecule has 23 heavy (non-hydrogen) atoms. The number of hydrogen-bond acceptors (Lipinski definition) is 3. The molecule has 0 fully saturated rings. The summed E-state index contributed by atoms with van der Waals surface area (Å²) in [6.07, 6.45) is 0. The van der Waals surface area contributed by atoms with Crippen LogP contribution in [0.2, 0.25) is 0 Å². The predicted octanol–water partition coefficient (Wildman–Crippen LogP) is 2.64. The summed E-state index contributed by atoms with van der Waals surface area (Å²) in [5.41, 5.74) is 2.06. The van der Waals surface area contributed by atoms with Gasteiger partial charge in [0.25, 0.3) is 5.91 Å². The zero-order valence-corrected chi connectivity index (χ0v) is 13.3. The largest absolute Gasteiger partial charge is 0.466 e. The second-order valence-corrected chi connectivity index (χ2v) is 5.07. The molecule has 0 saturated carbocycles. The summed E-state index contributed by atoms with van der Waals surface area (Å²) in [7, 11) is 0. The number of furan rings is 1. The number of aryl methyl sites for hydroxylation is 2. The lowest BCUT2D eigenvalue weighted by molar-refractivity contribution is -0.114. The minimum Gasteiger partial charge on any atom is -0.466 e. The number of benzene rings is 1. The van der Waals surface area contributed by atoms with Gasteiger partial charge in [0.15, 0.2) is 0 Å². The van der Waals surface area contributed by atoms with Crippen LogP contribution in [-0.4, -0.2) is 18.4 Å². The second kappa shape index (κ2) is 7.32. The third-order valence-electron chi connectivity index (χ3n) is 3.06. The first-order chi connectivity index (χ1) is 11.0. The van der Waals surface area contributed by atoms with Crippen molar-refractivity contribution in [2.45, 2.75) is 20.8 Å². The topological polar surface area (TPSA) is 71.3 Å². The van der Waals surface area contributed by atoms with Crippen LogP contribution in [0.25, 0.3) is 0 Å². The molecule has 118 valence electrons. The van der Waals surface area contributed by atoms with Crippen LogP contribution in [0.1, 0.15) is 34.4 Å². The molecule has 0 aliphatic carbocycles. The van der Waals surface area contributed by atoms with Crippen molar-refractivity contribution in [3.05, 3.63) is 53.0 Å². The maximum atomic E-state index is 12.0. The molecule has 5 heteroatoms. The molecule has 2 rings (SSSR count). The van der Waals surface area contributed by atoms with E-state index in [0.29, 0.717) is 17.1 Å². The van der Waals surface area contributed by atoms with Crippen LogP contribution in [-0.2, 0) is 4.79 Å². The van der Waals surface area contributed by atoms with Gasteiger partial charge in [-0.3, -0.25) is 9.59 Å². The minimum atomic E-state index is -0.199. The highest BCUT2D eigenvalue weighted by molar-refractivity contribution is 5.95. The van der Waals surface area contributed by atoms with Crippen molar-refractivity contribution >= 4 is 17.5 Å². The Morgan fingerprint density at radius 2 is 1.87 bits per heavy atom. The Hall–Kier alpha value is -3.00. The van der Waals surface area contributed by atoms with Crippen molar-refractivity contribution in [1.82, 2.24) is 5.32 Å². The number of anilines is 1. The van der Waals surface area contributed by atoms with Crippen LogP contribution in [0.5, 0.6) is 0 Å². The van der Waals surface area contributed by atoms with Gasteiger partial charge < -0.3 is 15.1 Å². The predicted molar refractivity (Wildman–Crippen MR) is 88.1 cm³/mol. The summed E-state index contributed by atoms with van der Waals surface area (Å²) in [5.74, 6) is 6.83. The van der Waals surface area contributed by atoms with E-state index in [2.05, 4.69) is 22.5 Å². The first-order valence-electron chi connectivity index (χ1n) is 7.17. The maximum absolute atomic E-state index is 12.0. The average Bonchev–Trinajstić information content (AvgIpc) is 2.83. The van der Waals surface area contributed by atoms with Crippen molar-refractivity contribution in [3.63, 3.8) is 0 Å². The van der Waals surface area contributed by atoms with Gasteiger partial charge in [-0.25, -0.2) is 0 Å². The number of carbonyl (C=O) groups is 2. The number of nitrogens with one attached hydrogen (secondary N) is 2. The molecule has 0 spiro atoms. The second-order valence-electron chi connectivity index (χ2n) is 5.07. The van der Waals surface area contributed by atoms with E-state index < -0.39 is 0 Å². The Balaban J connectivity index is 1.89. The molecule has 0 aliphatic rings. The van der Waals surface area contributed by atoms with Crippen LogP contribution < -0.4 is 10.6 Å². The van der Waals surface area contributed by atoms with Crippen molar-refractivity contribution in [1.29, 1.82) is 0 Å². The molecular formula is C18H18N2O3. The standard InChI is InChI=1S/C18H18N2O3/c1-12-11-17(13(2)23-12)18(22)19-10-4-5-15-6-8-16(9-7-15)20-14(3)21/h6-9,11H,10H2,1-3H3,(H,19,22)(H,20,21). The highest BCUT2D eigenvalue weighted by atomic mass is 16.3. The number of hydrogen-bond donors (Lipinski definition) is 2. The number of carbonyl (C=O) groups excluding carboxylic acids is 2. The molecule has 0 atom stereocenters. The van der Waals surface area contributed by atoms with Gasteiger partial charge >= 0.3 is 0 Å². The van der Waals surface area contributed by atoms with Crippen LogP contribution in [0, 0.1) is 25.7 Å². The zero-order chi connectivity index (χ0) is 16.8. The van der Waals surface area contributed by atoms with Crippen LogP contribution in [0.4, 0.5) is 5.69 Å². The molecule has 0 bridgehead atoms. The van der Waals surface area contributed by atoms with E-state index in [-0.39, 0.29) is 18.4 Å². The molecule has 0 radical (unpaired) electrons. The normalized spacial score (nSPS) is 9.70. The van der Waals surface area contributed by atoms with Gasteiger partial charge in [-0.1, -0.05) is 11.8 Å². The third-order valence-corrected chi connectivity index (χ3v) is 3.06. The fourth-order valence-electron chi connectivity index (χ4n) is 2.06. The third kappa shape index (κ3) is 4.75. The molecular weight excluding hydrogens is 292 g/mol. The molecule has 5 nitrogen and oxygen atoms in total. The quantitative estimate of drug-likeness (QED) is 0.856. The lowest BCUT2D eigenvalue weighted by atomic mass is 10.2. The summed E-state index contributed by atoms with van der Waals surface area (Å²) in [6.45, 7) is 5.26. The Bertz CT molecular complexity index is 777. The smallest absolute Gasteiger partial charge is 0.255 e. The highest BCUT2D eigenvalue weighted by Gasteiger charge is 2.11. The van der Waals surface area contributed by atoms with Gasteiger partial charge in [0.1, 0.15) is 11.5 Å². The van der Waals surface area contributed by atoms with Gasteiger partial charge in [0.2, 0.25) is 5.91 Å². The van der Waals surface area contributed by atoms with Gasteiger partial charge in [-0.15, -0.1) is 0 Å². The molecule has 2 aromatic rings. The van der Waals surface area contributed by atoms with E-state index in [4.69, 9.17) is 4.42 Å². The molecule has 0 unspecified atom stereocenters. The van der Waals surface area contributed by atoms with Crippen LogP contribution >= 0.6 is 0 Å². The van der Waals surface area contributed by atoms with Crippen LogP contribution in [0.3, 0.4) is 0 Å². The SMILES string of the molecule is CC(=O)Nc1ccc(C#CCNC(=O)c2cc(C)oc2C)cc1. The summed E-state index contributed by atoms with van der Waals surface area (Å²) in [4.78, 5) is 22.9.